The summed E-state index contributed by atoms with van der Waals surface area (Å²) in [5.41, 5.74) is -0.330. The second-order valence-corrected chi connectivity index (χ2v) is 6.69. The van der Waals surface area contributed by atoms with Crippen molar-refractivity contribution in [3.8, 4) is 0 Å². The summed E-state index contributed by atoms with van der Waals surface area (Å²) in [6, 6.07) is -0.0487. The van der Waals surface area contributed by atoms with Crippen LogP contribution in [0.4, 0.5) is 0 Å². The quantitative estimate of drug-likeness (QED) is 0.407. The predicted molar refractivity (Wildman–Crippen MR) is 87.0 cm³/mol. The van der Waals surface area contributed by atoms with Crippen LogP contribution in [-0.2, 0) is 19.1 Å². The maximum Gasteiger partial charge on any atom is 0.342 e. The topological polar surface area (TPSA) is 76.1 Å². The monoisotopic (exact) mass is 333 g/mol. The molecule has 0 amide bonds. The average molecular weight is 333 g/mol. The zero-order valence-electron chi connectivity index (χ0n) is 14.1. The second-order valence-electron chi connectivity index (χ2n) is 6.69. The molecule has 0 radical (unpaired) electrons. The Bertz CT molecular complexity index is 646. The molecule has 24 heavy (non-hydrogen) atoms. The highest BCUT2D eigenvalue weighted by molar-refractivity contribution is 5.90. The molecule has 2 fully saturated rings. The molecule has 0 aromatic heterocycles. The molecule has 130 valence electrons. The van der Waals surface area contributed by atoms with Gasteiger partial charge in [0.2, 0.25) is 0 Å². The Morgan fingerprint density at radius 2 is 2.21 bits per heavy atom. The Morgan fingerprint density at radius 3 is 2.92 bits per heavy atom. The van der Waals surface area contributed by atoms with E-state index in [1.807, 2.05) is 6.08 Å². The van der Waals surface area contributed by atoms with E-state index in [9.17, 15) is 14.7 Å². The van der Waals surface area contributed by atoms with Gasteiger partial charge in [-0.3, -0.25) is 4.90 Å². The zero-order valence-corrected chi connectivity index (χ0v) is 14.1. The van der Waals surface area contributed by atoms with Gasteiger partial charge >= 0.3 is 11.9 Å². The van der Waals surface area contributed by atoms with E-state index in [2.05, 4.69) is 11.5 Å². The lowest BCUT2D eigenvalue weighted by Crippen LogP contribution is -2.42. The molecule has 0 spiro atoms. The van der Waals surface area contributed by atoms with Gasteiger partial charge in [-0.15, -0.1) is 0 Å². The standard InChI is InChI=1S/C18H23NO5/c1-4-12-9-11(2)18(3,22)17(21)23-10-13-5-7-19-8-6-14(15(13)19)24-16(12)20/h4-5,14-15,22H,2,6-10H2,1,3H3/b12-4+/t14-,15-,18-/m1/s1. The van der Waals surface area contributed by atoms with Crippen LogP contribution in [0.1, 0.15) is 26.7 Å². The lowest BCUT2D eigenvalue weighted by molar-refractivity contribution is -0.160. The molecule has 3 aliphatic rings. The molecule has 0 unspecified atom stereocenters. The van der Waals surface area contributed by atoms with Crippen molar-refractivity contribution in [2.24, 2.45) is 0 Å². The van der Waals surface area contributed by atoms with Gasteiger partial charge in [-0.05, 0) is 31.4 Å². The van der Waals surface area contributed by atoms with Gasteiger partial charge in [0.25, 0.3) is 0 Å². The van der Waals surface area contributed by atoms with E-state index in [0.717, 1.165) is 25.1 Å². The van der Waals surface area contributed by atoms with Gasteiger partial charge in [-0.25, -0.2) is 9.59 Å². The van der Waals surface area contributed by atoms with Crippen molar-refractivity contribution < 1.29 is 24.2 Å². The van der Waals surface area contributed by atoms with Crippen LogP contribution >= 0.6 is 0 Å². The third-order valence-electron chi connectivity index (χ3n) is 5.14. The molecule has 6 nitrogen and oxygen atoms in total. The Balaban J connectivity index is 1.92. The summed E-state index contributed by atoms with van der Waals surface area (Å²) in [4.78, 5) is 27.0. The van der Waals surface area contributed by atoms with Crippen LogP contribution in [-0.4, -0.2) is 59.4 Å². The number of allylic oxidation sites excluding steroid dienone is 1. The summed E-state index contributed by atoms with van der Waals surface area (Å²) >= 11 is 0. The molecule has 0 bridgehead atoms. The number of ether oxygens (including phenoxy) is 2. The molecule has 3 aliphatic heterocycles. The first-order chi connectivity index (χ1) is 11.3. The first-order valence-electron chi connectivity index (χ1n) is 8.21. The van der Waals surface area contributed by atoms with Crippen molar-refractivity contribution in [3.05, 3.63) is 35.5 Å². The van der Waals surface area contributed by atoms with Crippen LogP contribution in [0.2, 0.25) is 0 Å². The van der Waals surface area contributed by atoms with Gasteiger partial charge in [0.05, 0.1) is 6.04 Å². The highest BCUT2D eigenvalue weighted by atomic mass is 16.6. The molecule has 0 aromatic carbocycles. The summed E-state index contributed by atoms with van der Waals surface area (Å²) in [5.74, 6) is -1.16. The third-order valence-corrected chi connectivity index (χ3v) is 5.14. The summed E-state index contributed by atoms with van der Waals surface area (Å²) in [6.07, 6.45) is 4.23. The fourth-order valence-corrected chi connectivity index (χ4v) is 3.47. The van der Waals surface area contributed by atoms with Crippen molar-refractivity contribution >= 4 is 11.9 Å². The molecule has 0 aliphatic carbocycles. The van der Waals surface area contributed by atoms with Gasteiger partial charge in [-0.1, -0.05) is 18.7 Å². The minimum atomic E-state index is -1.85. The fourth-order valence-electron chi connectivity index (χ4n) is 3.47. The maximum atomic E-state index is 12.5. The van der Waals surface area contributed by atoms with Crippen LogP contribution in [0, 0.1) is 0 Å². The Labute approximate surface area is 141 Å². The van der Waals surface area contributed by atoms with Gasteiger partial charge < -0.3 is 14.6 Å². The minimum absolute atomic E-state index is 0.0487. The van der Waals surface area contributed by atoms with Crippen molar-refractivity contribution in [3.63, 3.8) is 0 Å². The van der Waals surface area contributed by atoms with E-state index in [4.69, 9.17) is 9.47 Å². The number of carbonyl (C=O) groups is 2. The Hall–Kier alpha value is -1.92. The molecular formula is C18H23NO5. The van der Waals surface area contributed by atoms with Crippen LogP contribution in [0.15, 0.2) is 35.5 Å². The molecule has 0 aromatic rings. The number of esters is 2. The van der Waals surface area contributed by atoms with Crippen molar-refractivity contribution in [2.45, 2.75) is 44.4 Å². The molecule has 6 heteroatoms. The van der Waals surface area contributed by atoms with E-state index >= 15 is 0 Å². The molecule has 3 rings (SSSR count). The van der Waals surface area contributed by atoms with Crippen LogP contribution < -0.4 is 0 Å². The molecule has 3 atom stereocenters. The average Bonchev–Trinajstić information content (AvgIpc) is 3.12. The van der Waals surface area contributed by atoms with Gasteiger partial charge in [0.15, 0.2) is 5.60 Å². The fraction of sp³-hybridized carbons (Fsp3) is 0.556. The molecule has 1 N–H and O–H groups in total. The molecule has 2 saturated heterocycles. The molecule has 3 heterocycles. The summed E-state index contributed by atoms with van der Waals surface area (Å²) in [5, 5.41) is 10.5. The number of carbonyl (C=O) groups excluding carboxylic acids is 2. The highest BCUT2D eigenvalue weighted by Gasteiger charge is 2.44. The number of rotatable bonds is 0. The second kappa shape index (κ2) is 6.18. The van der Waals surface area contributed by atoms with Crippen molar-refractivity contribution in [1.29, 1.82) is 0 Å². The smallest absolute Gasteiger partial charge is 0.342 e. The van der Waals surface area contributed by atoms with Crippen LogP contribution in [0.3, 0.4) is 0 Å². The van der Waals surface area contributed by atoms with Crippen LogP contribution in [0.5, 0.6) is 0 Å². The number of hydrogen-bond acceptors (Lipinski definition) is 6. The molecule has 0 saturated carbocycles. The predicted octanol–water partition coefficient (Wildman–Crippen LogP) is 1.11. The van der Waals surface area contributed by atoms with Gasteiger partial charge in [-0.2, -0.15) is 0 Å². The van der Waals surface area contributed by atoms with Crippen molar-refractivity contribution in [1.82, 2.24) is 4.90 Å². The van der Waals surface area contributed by atoms with E-state index in [-0.39, 0.29) is 30.7 Å². The van der Waals surface area contributed by atoms with E-state index < -0.39 is 17.5 Å². The maximum absolute atomic E-state index is 12.5. The van der Waals surface area contributed by atoms with Crippen LogP contribution in [0.25, 0.3) is 0 Å². The zero-order chi connectivity index (χ0) is 17.5. The SMILES string of the molecule is C=C1C/C(=C\C)C(=O)O[C@@H]2CCN3CC=C(COC(=O)[C@]1(C)O)[C@H]23. The summed E-state index contributed by atoms with van der Waals surface area (Å²) in [7, 11) is 0. The normalized spacial score (nSPS) is 36.5. The first-order valence-corrected chi connectivity index (χ1v) is 8.21. The number of cyclic esters (lactones) is 1. The minimum Gasteiger partial charge on any atom is -0.459 e. The number of aliphatic hydroxyl groups is 1. The third kappa shape index (κ3) is 2.80. The van der Waals surface area contributed by atoms with Gasteiger partial charge in [0, 0.05) is 25.1 Å². The van der Waals surface area contributed by atoms with E-state index in [1.54, 1.807) is 13.0 Å². The Morgan fingerprint density at radius 1 is 1.46 bits per heavy atom. The lowest BCUT2D eigenvalue weighted by Gasteiger charge is -2.28. The number of hydrogen-bond donors (Lipinski definition) is 1. The number of nitrogens with zero attached hydrogens (tertiary/aromatic N) is 1. The molecular weight excluding hydrogens is 310 g/mol. The summed E-state index contributed by atoms with van der Waals surface area (Å²) < 4.78 is 11.1. The Kier molecular flexibility index (Phi) is 4.36. The van der Waals surface area contributed by atoms with E-state index in [0.29, 0.717) is 5.57 Å². The first kappa shape index (κ1) is 16.9. The highest BCUT2D eigenvalue weighted by Crippen LogP contribution is 2.33. The largest absolute Gasteiger partial charge is 0.459 e. The van der Waals surface area contributed by atoms with E-state index in [1.165, 1.54) is 6.92 Å². The van der Waals surface area contributed by atoms with Gasteiger partial charge in [0.1, 0.15) is 12.7 Å². The lowest BCUT2D eigenvalue weighted by atomic mass is 9.91. The van der Waals surface area contributed by atoms with Crippen molar-refractivity contribution in [2.75, 3.05) is 19.7 Å². The summed E-state index contributed by atoms with van der Waals surface area (Å²) in [6.45, 7) is 8.53.